The summed E-state index contributed by atoms with van der Waals surface area (Å²) in [6.07, 6.45) is -0.0704. The summed E-state index contributed by atoms with van der Waals surface area (Å²) in [5, 5.41) is 23.2. The second-order valence-corrected chi connectivity index (χ2v) is 6.78. The van der Waals surface area contributed by atoms with Gasteiger partial charge in [0.2, 0.25) is 5.91 Å². The van der Waals surface area contributed by atoms with Crippen molar-refractivity contribution in [2.24, 2.45) is 0 Å². The van der Waals surface area contributed by atoms with Crippen molar-refractivity contribution in [2.75, 3.05) is 0 Å². The molecular formula is C23H20N2O5. The van der Waals surface area contributed by atoms with Crippen molar-refractivity contribution in [3.8, 4) is 0 Å². The van der Waals surface area contributed by atoms with Gasteiger partial charge in [-0.2, -0.15) is 0 Å². The lowest BCUT2D eigenvalue weighted by Gasteiger charge is -2.21. The molecule has 3 aromatic rings. The second-order valence-electron chi connectivity index (χ2n) is 6.78. The minimum atomic E-state index is -1.23. The summed E-state index contributed by atoms with van der Waals surface area (Å²) in [5.41, 5.74) is 1.80. The van der Waals surface area contributed by atoms with Crippen LogP contribution in [0.15, 0.2) is 84.9 Å². The summed E-state index contributed by atoms with van der Waals surface area (Å²) in [5.74, 6) is -2.35. The van der Waals surface area contributed by atoms with Crippen LogP contribution >= 0.6 is 0 Å². The third-order valence-corrected chi connectivity index (χ3v) is 4.70. The lowest BCUT2D eigenvalue weighted by molar-refractivity contribution is -0.384. The van der Waals surface area contributed by atoms with Crippen LogP contribution < -0.4 is 5.32 Å². The number of amides is 1. The molecule has 0 heterocycles. The fraction of sp³-hybridized carbons (Fsp3) is 0.130. The highest BCUT2D eigenvalue weighted by molar-refractivity contribution is 5.90. The van der Waals surface area contributed by atoms with E-state index in [1.165, 1.54) is 18.2 Å². The first-order chi connectivity index (χ1) is 14.5. The first-order valence-electron chi connectivity index (χ1n) is 9.32. The predicted octanol–water partition coefficient (Wildman–Crippen LogP) is 3.54. The molecule has 152 valence electrons. The fourth-order valence-corrected chi connectivity index (χ4v) is 3.27. The first-order valence-corrected chi connectivity index (χ1v) is 9.32. The monoisotopic (exact) mass is 404 g/mol. The Balaban J connectivity index is 1.86. The van der Waals surface area contributed by atoms with Crippen LogP contribution in [0.25, 0.3) is 0 Å². The molecule has 7 nitrogen and oxygen atoms in total. The number of carboxylic acids is 1. The molecule has 0 saturated heterocycles. The van der Waals surface area contributed by atoms with Gasteiger partial charge in [-0.3, -0.25) is 14.9 Å². The summed E-state index contributed by atoms with van der Waals surface area (Å²) < 4.78 is 0. The molecule has 2 N–H and O–H groups in total. The lowest BCUT2D eigenvalue weighted by atomic mass is 9.90. The fourth-order valence-electron chi connectivity index (χ4n) is 3.27. The minimum Gasteiger partial charge on any atom is -0.480 e. The van der Waals surface area contributed by atoms with Gasteiger partial charge >= 0.3 is 5.97 Å². The molecule has 0 radical (unpaired) electrons. The van der Waals surface area contributed by atoms with E-state index in [1.54, 1.807) is 6.07 Å². The maximum Gasteiger partial charge on any atom is 0.326 e. The van der Waals surface area contributed by atoms with E-state index in [4.69, 9.17) is 0 Å². The number of rotatable bonds is 8. The number of non-ortho nitro benzene ring substituents is 1. The molecule has 0 spiro atoms. The molecular weight excluding hydrogens is 384 g/mol. The lowest BCUT2D eigenvalue weighted by Crippen LogP contribution is -2.44. The molecule has 7 heteroatoms. The highest BCUT2D eigenvalue weighted by atomic mass is 16.6. The molecule has 30 heavy (non-hydrogen) atoms. The van der Waals surface area contributed by atoms with Crippen molar-refractivity contribution in [1.29, 1.82) is 0 Å². The van der Waals surface area contributed by atoms with E-state index >= 15 is 0 Å². The van der Waals surface area contributed by atoms with Crippen LogP contribution in [-0.2, 0) is 16.0 Å². The highest BCUT2D eigenvalue weighted by Gasteiger charge is 2.28. The average molecular weight is 404 g/mol. The smallest absolute Gasteiger partial charge is 0.326 e. The van der Waals surface area contributed by atoms with Crippen LogP contribution in [-0.4, -0.2) is 27.9 Å². The van der Waals surface area contributed by atoms with Gasteiger partial charge in [-0.15, -0.1) is 0 Å². The predicted molar refractivity (Wildman–Crippen MR) is 111 cm³/mol. The van der Waals surface area contributed by atoms with Crippen LogP contribution in [0.5, 0.6) is 0 Å². The molecule has 3 aromatic carbocycles. The van der Waals surface area contributed by atoms with Crippen LogP contribution in [0.2, 0.25) is 0 Å². The molecule has 0 bridgehead atoms. The van der Waals surface area contributed by atoms with Crippen LogP contribution in [0, 0.1) is 10.1 Å². The SMILES string of the molecule is O=C(N[C@H](Cc1cccc([N+](=O)[O-])c1)C(=O)O)C(c1ccccc1)c1ccccc1. The van der Waals surface area contributed by atoms with Crippen LogP contribution in [0.4, 0.5) is 5.69 Å². The van der Waals surface area contributed by atoms with E-state index in [1.807, 2.05) is 60.7 Å². The van der Waals surface area contributed by atoms with Gasteiger partial charge in [0.1, 0.15) is 6.04 Å². The molecule has 1 amide bonds. The zero-order valence-corrected chi connectivity index (χ0v) is 16.0. The maximum atomic E-state index is 13.1. The molecule has 0 aliphatic carbocycles. The quantitative estimate of drug-likeness (QED) is 0.441. The highest BCUT2D eigenvalue weighted by Crippen LogP contribution is 2.25. The standard InChI is InChI=1S/C23H20N2O5/c26-22(21(17-9-3-1-4-10-17)18-11-5-2-6-12-18)24-20(23(27)28)15-16-8-7-13-19(14-16)25(29)30/h1-14,20-21H,15H2,(H,24,26)(H,27,28)/t20-/m1/s1. The molecule has 0 aliphatic rings. The van der Waals surface area contributed by atoms with E-state index in [-0.39, 0.29) is 12.1 Å². The Morgan fingerprint density at radius 2 is 1.47 bits per heavy atom. The maximum absolute atomic E-state index is 13.1. The molecule has 0 saturated carbocycles. The Bertz CT molecular complexity index is 998. The number of carbonyl (C=O) groups excluding carboxylic acids is 1. The number of benzene rings is 3. The number of aliphatic carboxylic acids is 1. The number of hydrogen-bond acceptors (Lipinski definition) is 4. The molecule has 3 rings (SSSR count). The topological polar surface area (TPSA) is 110 Å². The van der Waals surface area contributed by atoms with Crippen molar-refractivity contribution in [3.63, 3.8) is 0 Å². The largest absolute Gasteiger partial charge is 0.480 e. The van der Waals surface area contributed by atoms with Crippen LogP contribution in [0.1, 0.15) is 22.6 Å². The second kappa shape index (κ2) is 9.47. The van der Waals surface area contributed by atoms with Gasteiger partial charge in [0.25, 0.3) is 5.69 Å². The van der Waals surface area contributed by atoms with Gasteiger partial charge in [0, 0.05) is 18.6 Å². The molecule has 1 atom stereocenters. The molecule has 0 aromatic heterocycles. The average Bonchev–Trinajstić information content (AvgIpc) is 2.75. The van der Waals surface area contributed by atoms with Crippen LogP contribution in [0.3, 0.4) is 0 Å². The van der Waals surface area contributed by atoms with Gasteiger partial charge in [-0.1, -0.05) is 72.8 Å². The van der Waals surface area contributed by atoms with Crippen molar-refractivity contribution in [1.82, 2.24) is 5.32 Å². The number of nitro benzene ring substituents is 1. The van der Waals surface area contributed by atoms with E-state index in [0.717, 1.165) is 11.1 Å². The van der Waals surface area contributed by atoms with Gasteiger partial charge in [0.15, 0.2) is 0 Å². The van der Waals surface area contributed by atoms with Gasteiger partial charge in [-0.05, 0) is 16.7 Å². The number of nitro groups is 1. The van der Waals surface area contributed by atoms with Crippen molar-refractivity contribution >= 4 is 17.6 Å². The summed E-state index contributed by atoms with van der Waals surface area (Å²) in [4.78, 5) is 35.4. The van der Waals surface area contributed by atoms with Gasteiger partial charge in [-0.25, -0.2) is 4.79 Å². The normalized spacial score (nSPS) is 11.6. The number of carbonyl (C=O) groups is 2. The van der Waals surface area contributed by atoms with Crippen molar-refractivity contribution in [3.05, 3.63) is 112 Å². The van der Waals surface area contributed by atoms with E-state index in [0.29, 0.717) is 5.56 Å². The number of carboxylic acid groups (broad SMARTS) is 1. The Morgan fingerprint density at radius 1 is 0.900 bits per heavy atom. The zero-order chi connectivity index (χ0) is 21.5. The third-order valence-electron chi connectivity index (χ3n) is 4.70. The Labute approximate surface area is 173 Å². The Hall–Kier alpha value is -4.00. The van der Waals surface area contributed by atoms with Gasteiger partial charge in [0.05, 0.1) is 10.8 Å². The number of nitrogens with zero attached hydrogens (tertiary/aromatic N) is 1. The van der Waals surface area contributed by atoms with E-state index in [2.05, 4.69) is 5.32 Å². The summed E-state index contributed by atoms with van der Waals surface area (Å²) in [7, 11) is 0. The Morgan fingerprint density at radius 3 is 1.97 bits per heavy atom. The first kappa shape index (κ1) is 20.7. The molecule has 0 fully saturated rings. The van der Waals surface area contributed by atoms with Gasteiger partial charge < -0.3 is 10.4 Å². The number of hydrogen-bond donors (Lipinski definition) is 2. The summed E-state index contributed by atoms with van der Waals surface area (Å²) >= 11 is 0. The van der Waals surface area contributed by atoms with Crippen molar-refractivity contribution < 1.29 is 19.6 Å². The summed E-state index contributed by atoms with van der Waals surface area (Å²) in [6, 6.07) is 22.7. The molecule has 0 unspecified atom stereocenters. The summed E-state index contributed by atoms with van der Waals surface area (Å²) in [6.45, 7) is 0. The molecule has 0 aliphatic heterocycles. The minimum absolute atomic E-state index is 0.0704. The Kier molecular flexibility index (Phi) is 6.54. The van der Waals surface area contributed by atoms with E-state index < -0.39 is 28.8 Å². The van der Waals surface area contributed by atoms with E-state index in [9.17, 15) is 24.8 Å². The zero-order valence-electron chi connectivity index (χ0n) is 16.0. The van der Waals surface area contributed by atoms with Crippen molar-refractivity contribution in [2.45, 2.75) is 18.4 Å². The number of nitrogens with one attached hydrogen (secondary N) is 1. The third kappa shape index (κ3) is 5.08.